The first-order valence-corrected chi connectivity index (χ1v) is 7.37. The van der Waals surface area contributed by atoms with Crippen molar-refractivity contribution in [1.29, 1.82) is 0 Å². The summed E-state index contributed by atoms with van der Waals surface area (Å²) in [5.74, 6) is -1.02. The summed E-state index contributed by atoms with van der Waals surface area (Å²) >= 11 is 0. The fourth-order valence-corrected chi connectivity index (χ4v) is 3.27. The van der Waals surface area contributed by atoms with E-state index in [0.29, 0.717) is 0 Å². The Kier molecular flexibility index (Phi) is 3.82. The van der Waals surface area contributed by atoms with E-state index in [1.54, 1.807) is 6.07 Å². The van der Waals surface area contributed by atoms with Crippen molar-refractivity contribution in [3.05, 3.63) is 24.0 Å². The van der Waals surface area contributed by atoms with E-state index < -0.39 is 11.6 Å². The minimum absolute atomic E-state index is 0.0572. The van der Waals surface area contributed by atoms with Crippen LogP contribution in [0.3, 0.4) is 0 Å². The zero-order valence-electron chi connectivity index (χ0n) is 11.9. The predicted octanol–water partition coefficient (Wildman–Crippen LogP) is 1.29. The van der Waals surface area contributed by atoms with Crippen LogP contribution in [0, 0.1) is 0 Å². The number of carboxylic acid groups (broad SMARTS) is 1. The Balaban J connectivity index is 1.71. The molecule has 21 heavy (non-hydrogen) atoms. The molecule has 0 amide bonds. The highest BCUT2D eigenvalue weighted by atomic mass is 16.5. The van der Waals surface area contributed by atoms with Crippen molar-refractivity contribution < 1.29 is 19.7 Å². The Morgan fingerprint density at radius 2 is 2.19 bits per heavy atom. The minimum Gasteiger partial charge on any atom is -0.477 e. The van der Waals surface area contributed by atoms with Crippen LogP contribution in [0.5, 0.6) is 0 Å². The Morgan fingerprint density at radius 1 is 1.43 bits per heavy atom. The van der Waals surface area contributed by atoms with Gasteiger partial charge in [-0.25, -0.2) is 9.78 Å². The van der Waals surface area contributed by atoms with Crippen LogP contribution >= 0.6 is 0 Å². The first-order valence-electron chi connectivity index (χ1n) is 7.37. The molecule has 1 aromatic rings. The summed E-state index contributed by atoms with van der Waals surface area (Å²) in [6.07, 6.45) is 4.38. The fourth-order valence-electron chi connectivity index (χ4n) is 3.27. The van der Waals surface area contributed by atoms with Crippen LogP contribution in [0.4, 0.5) is 5.69 Å². The number of aromatic nitrogens is 1. The number of pyridine rings is 1. The molecule has 2 N–H and O–H groups in total. The Bertz CT molecular complexity index is 526. The number of aliphatic hydroxyl groups excluding tert-OH is 1. The van der Waals surface area contributed by atoms with Gasteiger partial charge in [0.05, 0.1) is 11.7 Å². The smallest absolute Gasteiger partial charge is 0.354 e. The lowest BCUT2D eigenvalue weighted by atomic mass is 9.82. The number of ether oxygens (including phenoxy) is 1. The summed E-state index contributed by atoms with van der Waals surface area (Å²) in [5, 5.41) is 19.2. The highest BCUT2D eigenvalue weighted by Gasteiger charge is 2.43. The largest absolute Gasteiger partial charge is 0.477 e. The summed E-state index contributed by atoms with van der Waals surface area (Å²) in [6.45, 7) is 2.22. The molecule has 2 aliphatic heterocycles. The molecule has 2 aliphatic rings. The number of hydrogen-bond acceptors (Lipinski definition) is 5. The Labute approximate surface area is 123 Å². The van der Waals surface area contributed by atoms with Crippen molar-refractivity contribution in [2.45, 2.75) is 37.4 Å². The third kappa shape index (κ3) is 2.73. The first kappa shape index (κ1) is 14.3. The molecule has 1 unspecified atom stereocenters. The standard InChI is InChI=1S/C15H20N2O4/c18-13-2-1-9-21-15(13)4-7-17(8-5-15)11-3-6-16-12(10-11)14(19)20/h3,6,10,13,18H,1-2,4-5,7-9H2,(H,19,20). The summed E-state index contributed by atoms with van der Waals surface area (Å²) in [5.41, 5.74) is 0.515. The topological polar surface area (TPSA) is 82.9 Å². The first-order chi connectivity index (χ1) is 10.1. The van der Waals surface area contributed by atoms with E-state index in [0.717, 1.165) is 51.1 Å². The highest BCUT2D eigenvalue weighted by molar-refractivity contribution is 5.86. The van der Waals surface area contributed by atoms with Crippen molar-refractivity contribution in [1.82, 2.24) is 4.98 Å². The van der Waals surface area contributed by atoms with Crippen LogP contribution in [0.1, 0.15) is 36.2 Å². The van der Waals surface area contributed by atoms with Crippen molar-refractivity contribution in [3.8, 4) is 0 Å². The number of carboxylic acids is 1. The number of rotatable bonds is 2. The van der Waals surface area contributed by atoms with Gasteiger partial charge in [0.25, 0.3) is 0 Å². The van der Waals surface area contributed by atoms with Gasteiger partial charge in [-0.2, -0.15) is 0 Å². The quantitative estimate of drug-likeness (QED) is 0.854. The third-order valence-electron chi connectivity index (χ3n) is 4.56. The van der Waals surface area contributed by atoms with Crippen LogP contribution in [-0.4, -0.2) is 52.6 Å². The van der Waals surface area contributed by atoms with Crippen LogP contribution in [-0.2, 0) is 4.74 Å². The fraction of sp³-hybridized carbons (Fsp3) is 0.600. The van der Waals surface area contributed by atoms with Gasteiger partial charge < -0.3 is 19.8 Å². The average Bonchev–Trinajstić information content (AvgIpc) is 2.51. The molecule has 1 aromatic heterocycles. The number of anilines is 1. The maximum absolute atomic E-state index is 11.0. The normalized spacial score (nSPS) is 25.0. The number of piperidine rings is 1. The van der Waals surface area contributed by atoms with E-state index in [1.165, 1.54) is 6.20 Å². The molecule has 3 heterocycles. The van der Waals surface area contributed by atoms with Crippen LogP contribution < -0.4 is 4.90 Å². The number of hydrogen-bond donors (Lipinski definition) is 2. The molecular weight excluding hydrogens is 272 g/mol. The van der Waals surface area contributed by atoms with E-state index in [4.69, 9.17) is 9.84 Å². The van der Waals surface area contributed by atoms with Gasteiger partial charge in [-0.05, 0) is 37.8 Å². The van der Waals surface area contributed by atoms with Crippen LogP contribution in [0.15, 0.2) is 18.3 Å². The van der Waals surface area contributed by atoms with Crippen LogP contribution in [0.25, 0.3) is 0 Å². The van der Waals surface area contributed by atoms with Crippen molar-refractivity contribution >= 4 is 11.7 Å². The third-order valence-corrected chi connectivity index (χ3v) is 4.56. The zero-order chi connectivity index (χ0) is 14.9. The lowest BCUT2D eigenvalue weighted by Crippen LogP contribution is -2.55. The lowest BCUT2D eigenvalue weighted by Gasteiger charge is -2.47. The maximum Gasteiger partial charge on any atom is 0.354 e. The van der Waals surface area contributed by atoms with Gasteiger partial charge >= 0.3 is 5.97 Å². The Hall–Kier alpha value is -1.66. The summed E-state index contributed by atoms with van der Waals surface area (Å²) in [6, 6.07) is 3.42. The van der Waals surface area contributed by atoms with E-state index in [2.05, 4.69) is 9.88 Å². The molecule has 2 saturated heterocycles. The molecule has 2 fully saturated rings. The number of carbonyl (C=O) groups is 1. The van der Waals surface area contributed by atoms with Gasteiger partial charge in [-0.15, -0.1) is 0 Å². The number of nitrogens with zero attached hydrogens (tertiary/aromatic N) is 2. The highest BCUT2D eigenvalue weighted by Crippen LogP contribution is 2.36. The van der Waals surface area contributed by atoms with Gasteiger partial charge in [-0.3, -0.25) is 0 Å². The molecule has 1 spiro atoms. The van der Waals surface area contributed by atoms with Gasteiger partial charge in [0.15, 0.2) is 0 Å². The SMILES string of the molecule is O=C(O)c1cc(N2CCC3(CC2)OCCCC3O)ccn1. The van der Waals surface area contributed by atoms with E-state index in [9.17, 15) is 9.90 Å². The average molecular weight is 292 g/mol. The Morgan fingerprint density at radius 3 is 2.86 bits per heavy atom. The van der Waals surface area contributed by atoms with Gasteiger partial charge in [0, 0.05) is 31.6 Å². The molecule has 0 bridgehead atoms. The molecule has 6 nitrogen and oxygen atoms in total. The number of aliphatic hydroxyl groups is 1. The van der Waals surface area contributed by atoms with Crippen molar-refractivity contribution in [2.75, 3.05) is 24.6 Å². The van der Waals surface area contributed by atoms with Crippen molar-refractivity contribution in [2.24, 2.45) is 0 Å². The maximum atomic E-state index is 11.0. The minimum atomic E-state index is -1.02. The molecule has 114 valence electrons. The summed E-state index contributed by atoms with van der Waals surface area (Å²) < 4.78 is 5.88. The predicted molar refractivity (Wildman–Crippen MR) is 76.6 cm³/mol. The van der Waals surface area contributed by atoms with E-state index >= 15 is 0 Å². The molecule has 0 aromatic carbocycles. The second-order valence-electron chi connectivity index (χ2n) is 5.76. The zero-order valence-corrected chi connectivity index (χ0v) is 11.9. The summed E-state index contributed by atoms with van der Waals surface area (Å²) in [4.78, 5) is 17.0. The van der Waals surface area contributed by atoms with E-state index in [-0.39, 0.29) is 11.8 Å². The van der Waals surface area contributed by atoms with E-state index in [1.807, 2.05) is 6.07 Å². The molecule has 0 saturated carbocycles. The second-order valence-corrected chi connectivity index (χ2v) is 5.76. The second kappa shape index (κ2) is 5.61. The summed E-state index contributed by atoms with van der Waals surface area (Å²) in [7, 11) is 0. The molecule has 1 atom stereocenters. The molecule has 0 radical (unpaired) electrons. The molecular formula is C15H20N2O4. The molecule has 3 rings (SSSR count). The molecule has 0 aliphatic carbocycles. The van der Waals surface area contributed by atoms with Gasteiger partial charge in [0.1, 0.15) is 5.69 Å². The molecule has 6 heteroatoms. The monoisotopic (exact) mass is 292 g/mol. The van der Waals surface area contributed by atoms with Crippen molar-refractivity contribution in [3.63, 3.8) is 0 Å². The van der Waals surface area contributed by atoms with Gasteiger partial charge in [0.2, 0.25) is 0 Å². The van der Waals surface area contributed by atoms with Crippen LogP contribution in [0.2, 0.25) is 0 Å². The lowest BCUT2D eigenvalue weighted by molar-refractivity contribution is -0.164. The number of aromatic carboxylic acids is 1. The van der Waals surface area contributed by atoms with Gasteiger partial charge in [-0.1, -0.05) is 0 Å².